The van der Waals surface area contributed by atoms with Gasteiger partial charge in [0.05, 0.1) is 13.2 Å². The maximum absolute atomic E-state index is 11.2. The third-order valence-electron chi connectivity index (χ3n) is 5.88. The summed E-state index contributed by atoms with van der Waals surface area (Å²) in [4.78, 5) is 11.2. The Kier molecular flexibility index (Phi) is 9.02. The zero-order valence-corrected chi connectivity index (χ0v) is 16.3. The highest BCUT2D eigenvalue weighted by molar-refractivity contribution is 5.55. The number of carbonyl (C=O) groups excluding carboxylic acids is 1. The largest absolute Gasteiger partial charge is 0.379 e. The topological polar surface area (TPSA) is 35.5 Å². The van der Waals surface area contributed by atoms with Crippen LogP contribution < -0.4 is 0 Å². The lowest BCUT2D eigenvalue weighted by Crippen LogP contribution is -2.31. The number of ether oxygens (including phenoxy) is 2. The number of hydrogen-bond donors (Lipinski definition) is 0. The first kappa shape index (κ1) is 21.2. The summed E-state index contributed by atoms with van der Waals surface area (Å²) in [5, 5.41) is 0. The minimum Gasteiger partial charge on any atom is -0.379 e. The molecule has 1 aliphatic carbocycles. The van der Waals surface area contributed by atoms with Crippen molar-refractivity contribution in [1.82, 2.24) is 0 Å². The van der Waals surface area contributed by atoms with Crippen molar-refractivity contribution < 1.29 is 14.3 Å². The van der Waals surface area contributed by atoms with Gasteiger partial charge in [-0.3, -0.25) is 0 Å². The van der Waals surface area contributed by atoms with Crippen LogP contribution in [0.25, 0.3) is 0 Å². The highest BCUT2D eigenvalue weighted by atomic mass is 16.5. The van der Waals surface area contributed by atoms with E-state index < -0.39 is 0 Å². The summed E-state index contributed by atoms with van der Waals surface area (Å²) in [6.45, 7) is 12.7. The fraction of sp³-hybridized carbons (Fsp3) is 0.857. The first-order chi connectivity index (χ1) is 11.5. The Morgan fingerprint density at radius 2 is 1.88 bits per heavy atom. The van der Waals surface area contributed by atoms with E-state index in [-0.39, 0.29) is 16.9 Å². The molecule has 24 heavy (non-hydrogen) atoms. The van der Waals surface area contributed by atoms with Crippen molar-refractivity contribution in [2.24, 2.45) is 17.3 Å². The molecule has 0 radical (unpaired) electrons. The minimum absolute atomic E-state index is 0.115. The molecule has 1 aliphatic rings. The van der Waals surface area contributed by atoms with Crippen molar-refractivity contribution in [3.05, 3.63) is 0 Å². The number of carbonyl (C=O) groups is 1. The molecule has 0 aromatic heterocycles. The summed E-state index contributed by atoms with van der Waals surface area (Å²) >= 11 is 0. The van der Waals surface area contributed by atoms with Crippen LogP contribution in [0.15, 0.2) is 0 Å². The molecule has 3 heteroatoms. The Morgan fingerprint density at radius 3 is 2.42 bits per heavy atom. The average molecular weight is 337 g/mol. The summed E-state index contributed by atoms with van der Waals surface area (Å²) in [6.07, 6.45) is 7.08. The van der Waals surface area contributed by atoms with E-state index in [4.69, 9.17) is 9.47 Å². The summed E-state index contributed by atoms with van der Waals surface area (Å²) in [7, 11) is 0. The van der Waals surface area contributed by atoms with Crippen molar-refractivity contribution >= 4 is 6.29 Å². The second-order valence-corrected chi connectivity index (χ2v) is 7.43. The van der Waals surface area contributed by atoms with Gasteiger partial charge in [-0.15, -0.1) is 5.92 Å². The van der Waals surface area contributed by atoms with E-state index in [9.17, 15) is 4.79 Å². The average Bonchev–Trinajstić information content (AvgIpc) is 2.87. The van der Waals surface area contributed by atoms with E-state index in [1.807, 2.05) is 6.92 Å². The summed E-state index contributed by atoms with van der Waals surface area (Å²) in [5.41, 5.74) is -0.225. The van der Waals surface area contributed by atoms with Crippen molar-refractivity contribution in [2.45, 2.75) is 78.7 Å². The standard InChI is InChI=1S/C21H36O3/c1-6-21(7-2,24-16-15-23-8-3)14-10-9-11-18-12-13-19(17-22)20(18,4)5/h17-19H,6-9,11-13,15-16H2,1-5H3/t18-,19-/m0/s1. The molecule has 0 aliphatic heterocycles. The van der Waals surface area contributed by atoms with Crippen molar-refractivity contribution in [3.63, 3.8) is 0 Å². The normalized spacial score (nSPS) is 22.9. The van der Waals surface area contributed by atoms with Crippen LogP contribution in [-0.2, 0) is 14.3 Å². The summed E-state index contributed by atoms with van der Waals surface area (Å²) in [5.74, 6) is 7.56. The molecule has 0 unspecified atom stereocenters. The number of aldehydes is 1. The summed E-state index contributed by atoms with van der Waals surface area (Å²) in [6, 6.07) is 0. The molecule has 1 saturated carbocycles. The third kappa shape index (κ3) is 5.60. The fourth-order valence-corrected chi connectivity index (χ4v) is 3.76. The van der Waals surface area contributed by atoms with Gasteiger partial charge >= 0.3 is 0 Å². The van der Waals surface area contributed by atoms with Crippen LogP contribution in [0.4, 0.5) is 0 Å². The molecule has 138 valence electrons. The van der Waals surface area contributed by atoms with E-state index in [1.165, 1.54) is 0 Å². The molecule has 0 aromatic rings. The van der Waals surface area contributed by atoms with Gasteiger partial charge in [-0.25, -0.2) is 0 Å². The molecular formula is C21H36O3. The summed E-state index contributed by atoms with van der Waals surface area (Å²) < 4.78 is 11.4. The van der Waals surface area contributed by atoms with Crippen molar-refractivity contribution in [3.8, 4) is 11.8 Å². The van der Waals surface area contributed by atoms with Gasteiger partial charge in [0.1, 0.15) is 11.9 Å². The SMILES string of the molecule is CCOCCOC(C#CCC[C@H]1CC[C@@H](C=O)C1(C)C)(CC)CC. The Morgan fingerprint density at radius 1 is 1.17 bits per heavy atom. The van der Waals surface area contributed by atoms with Gasteiger partial charge in [0.25, 0.3) is 0 Å². The molecule has 0 amide bonds. The number of rotatable bonds is 10. The predicted molar refractivity (Wildman–Crippen MR) is 98.8 cm³/mol. The van der Waals surface area contributed by atoms with Gasteiger partial charge in [-0.2, -0.15) is 0 Å². The van der Waals surface area contributed by atoms with Crippen LogP contribution >= 0.6 is 0 Å². The first-order valence-corrected chi connectivity index (χ1v) is 9.62. The Labute approximate surface area is 148 Å². The Balaban J connectivity index is 2.53. The van der Waals surface area contributed by atoms with Gasteiger partial charge < -0.3 is 14.3 Å². The van der Waals surface area contributed by atoms with Crippen LogP contribution in [0, 0.1) is 29.1 Å². The smallest absolute Gasteiger partial charge is 0.128 e. The lowest BCUT2D eigenvalue weighted by atomic mass is 9.74. The van der Waals surface area contributed by atoms with E-state index in [2.05, 4.69) is 39.5 Å². The third-order valence-corrected chi connectivity index (χ3v) is 5.88. The molecule has 1 fully saturated rings. The van der Waals surface area contributed by atoms with Gasteiger partial charge in [-0.05, 0) is 50.4 Å². The van der Waals surface area contributed by atoms with Crippen molar-refractivity contribution in [1.29, 1.82) is 0 Å². The van der Waals surface area contributed by atoms with Crippen molar-refractivity contribution in [2.75, 3.05) is 19.8 Å². The Bertz CT molecular complexity index is 426. The van der Waals surface area contributed by atoms with Gasteiger partial charge in [-0.1, -0.05) is 33.6 Å². The second kappa shape index (κ2) is 10.2. The molecule has 0 spiro atoms. The second-order valence-electron chi connectivity index (χ2n) is 7.43. The van der Waals surface area contributed by atoms with Crippen LogP contribution in [0.1, 0.15) is 73.1 Å². The fourth-order valence-electron chi connectivity index (χ4n) is 3.76. The lowest BCUT2D eigenvalue weighted by molar-refractivity contribution is -0.113. The van der Waals surface area contributed by atoms with Crippen LogP contribution in [0.3, 0.4) is 0 Å². The van der Waals surface area contributed by atoms with Crippen LogP contribution in [0.5, 0.6) is 0 Å². The van der Waals surface area contributed by atoms with E-state index in [0.717, 1.165) is 51.4 Å². The molecule has 0 aromatic carbocycles. The maximum Gasteiger partial charge on any atom is 0.128 e. The van der Waals surface area contributed by atoms with Crippen LogP contribution in [0.2, 0.25) is 0 Å². The Hall–Kier alpha value is -0.850. The predicted octanol–water partition coefficient (Wildman–Crippen LogP) is 4.63. The highest BCUT2D eigenvalue weighted by Gasteiger charge is 2.42. The zero-order valence-electron chi connectivity index (χ0n) is 16.3. The lowest BCUT2D eigenvalue weighted by Gasteiger charge is -2.30. The van der Waals surface area contributed by atoms with E-state index in [0.29, 0.717) is 19.1 Å². The molecule has 0 saturated heterocycles. The quantitative estimate of drug-likeness (QED) is 0.331. The molecule has 2 atom stereocenters. The molecule has 0 bridgehead atoms. The zero-order chi connectivity index (χ0) is 18.1. The molecule has 0 heterocycles. The van der Waals surface area contributed by atoms with Crippen LogP contribution in [-0.4, -0.2) is 31.7 Å². The minimum atomic E-state index is -0.340. The molecule has 0 N–H and O–H groups in total. The molecule has 1 rings (SSSR count). The van der Waals surface area contributed by atoms with Gasteiger partial charge in [0, 0.05) is 18.9 Å². The van der Waals surface area contributed by atoms with Gasteiger partial charge in [0.15, 0.2) is 0 Å². The maximum atomic E-state index is 11.2. The first-order valence-electron chi connectivity index (χ1n) is 9.62. The monoisotopic (exact) mass is 336 g/mol. The van der Waals surface area contributed by atoms with Gasteiger partial charge in [0.2, 0.25) is 0 Å². The molecular weight excluding hydrogens is 300 g/mol. The highest BCUT2D eigenvalue weighted by Crippen LogP contribution is 2.48. The van der Waals surface area contributed by atoms with E-state index >= 15 is 0 Å². The number of hydrogen-bond acceptors (Lipinski definition) is 3. The molecule has 3 nitrogen and oxygen atoms in total. The van der Waals surface area contributed by atoms with E-state index in [1.54, 1.807) is 0 Å².